The first kappa shape index (κ1) is 22.2. The van der Waals surface area contributed by atoms with Crippen molar-refractivity contribution >= 4 is 28.0 Å². The van der Waals surface area contributed by atoms with E-state index in [-0.39, 0.29) is 23.3 Å². The van der Waals surface area contributed by atoms with E-state index in [0.717, 1.165) is 28.4 Å². The summed E-state index contributed by atoms with van der Waals surface area (Å²) in [6.07, 6.45) is 11.9. The van der Waals surface area contributed by atoms with Gasteiger partial charge in [0.2, 0.25) is 5.91 Å². The summed E-state index contributed by atoms with van der Waals surface area (Å²) in [7, 11) is 0. The summed E-state index contributed by atoms with van der Waals surface area (Å²) in [6, 6.07) is -0.118. The molecule has 1 atom stereocenters. The van der Waals surface area contributed by atoms with Crippen molar-refractivity contribution in [1.82, 2.24) is 40.4 Å². The van der Waals surface area contributed by atoms with Gasteiger partial charge in [0.1, 0.15) is 11.2 Å². The number of thiazole rings is 1. The number of allylic oxidation sites excluding steroid dienone is 1. The fraction of sp³-hybridized carbons (Fsp3) is 0.348. The van der Waals surface area contributed by atoms with Crippen LogP contribution in [0.2, 0.25) is 0 Å². The van der Waals surface area contributed by atoms with Crippen molar-refractivity contribution in [3.63, 3.8) is 0 Å². The van der Waals surface area contributed by atoms with Gasteiger partial charge in [-0.25, -0.2) is 14.5 Å². The van der Waals surface area contributed by atoms with Crippen LogP contribution in [0.5, 0.6) is 0 Å². The van der Waals surface area contributed by atoms with Crippen molar-refractivity contribution in [2.75, 3.05) is 19.6 Å². The lowest BCUT2D eigenvalue weighted by Crippen LogP contribution is -2.55. The third-order valence-corrected chi connectivity index (χ3v) is 6.93. The fourth-order valence-corrected chi connectivity index (χ4v) is 5.27. The minimum absolute atomic E-state index is 0.0746. The molecule has 0 radical (unpaired) electrons. The second-order valence-electron chi connectivity index (χ2n) is 9.43. The van der Waals surface area contributed by atoms with Gasteiger partial charge in [-0.15, -0.1) is 11.3 Å². The molecule has 3 aromatic heterocycles. The molecule has 2 amide bonds. The Hall–Kier alpha value is -3.57. The molecule has 1 saturated heterocycles. The maximum absolute atomic E-state index is 13.1. The van der Waals surface area contributed by atoms with Crippen LogP contribution >= 0.6 is 11.3 Å². The quantitative estimate of drug-likeness (QED) is 0.494. The highest BCUT2D eigenvalue weighted by Crippen LogP contribution is 2.30. The lowest BCUT2D eigenvalue weighted by Gasteiger charge is -2.45. The van der Waals surface area contributed by atoms with Crippen LogP contribution in [0.3, 0.4) is 0 Å². The highest BCUT2D eigenvalue weighted by molar-refractivity contribution is 7.21. The third kappa shape index (κ3) is 4.57. The number of carbonyl (C=O) groups excluding carboxylic acids is 2. The Kier molecular flexibility index (Phi) is 5.66. The van der Waals surface area contributed by atoms with Gasteiger partial charge in [0.25, 0.3) is 5.91 Å². The summed E-state index contributed by atoms with van der Waals surface area (Å²) in [5.74, 6) is -0.336. The van der Waals surface area contributed by atoms with E-state index in [1.807, 2.05) is 13.1 Å². The number of hydrogen-bond donors (Lipinski definition) is 3. The van der Waals surface area contributed by atoms with Gasteiger partial charge >= 0.3 is 0 Å². The van der Waals surface area contributed by atoms with Crippen molar-refractivity contribution in [2.24, 2.45) is 5.41 Å². The second kappa shape index (κ2) is 8.65. The molecule has 0 bridgehead atoms. The van der Waals surface area contributed by atoms with Crippen LogP contribution in [-0.2, 0) is 4.79 Å². The van der Waals surface area contributed by atoms with Gasteiger partial charge in [0.05, 0.1) is 34.9 Å². The van der Waals surface area contributed by atoms with Gasteiger partial charge in [-0.1, -0.05) is 13.8 Å². The number of fused-ring (bicyclic) bond motifs is 1. The number of nitrogens with one attached hydrogen (secondary N) is 3. The Morgan fingerprint density at radius 2 is 1.97 bits per heavy atom. The Labute approximate surface area is 200 Å². The summed E-state index contributed by atoms with van der Waals surface area (Å²) in [5.41, 5.74) is 2.89. The van der Waals surface area contributed by atoms with Crippen LogP contribution in [0.4, 0.5) is 0 Å². The van der Waals surface area contributed by atoms with Crippen molar-refractivity contribution in [1.29, 1.82) is 0 Å². The number of likely N-dealkylation sites (tertiary alicyclic amines) is 1. The monoisotopic (exact) mass is 478 g/mol. The van der Waals surface area contributed by atoms with E-state index >= 15 is 0 Å². The molecule has 3 N–H and O–H groups in total. The fourth-order valence-electron chi connectivity index (χ4n) is 4.24. The molecule has 5 rings (SSSR count). The highest BCUT2D eigenvalue weighted by Gasteiger charge is 2.34. The minimum Gasteiger partial charge on any atom is -0.381 e. The number of aromatic nitrogens is 4. The summed E-state index contributed by atoms with van der Waals surface area (Å²) >= 11 is 1.45. The van der Waals surface area contributed by atoms with Crippen LogP contribution in [0, 0.1) is 5.41 Å². The number of nitrogens with zero attached hydrogens (tertiary/aromatic N) is 5. The second-order valence-corrected chi connectivity index (χ2v) is 10.5. The molecule has 0 aliphatic carbocycles. The lowest BCUT2D eigenvalue weighted by atomic mass is 9.84. The first-order chi connectivity index (χ1) is 16.3. The predicted octanol–water partition coefficient (Wildman–Crippen LogP) is 1.76. The number of dihydropyridines is 1. The molecule has 1 fully saturated rings. The standard InChI is InChI=1S/C23H26N8O2S/c1-14-18(4-16(7-26-14)28-20(32)10-30-11-23(2,3)12-30)29-21(33)17-8-27-31-9-19(34-22(17)31)15-5-24-13-25-6-15/h4-9,13-14,26H,10-12H2,1-3H3,(H,28,32)(H,29,33). The van der Waals surface area contributed by atoms with E-state index in [1.165, 1.54) is 17.7 Å². The zero-order valence-electron chi connectivity index (χ0n) is 19.2. The molecule has 176 valence electrons. The molecule has 0 saturated carbocycles. The zero-order chi connectivity index (χ0) is 23.9. The Bertz CT molecular complexity index is 1300. The van der Waals surface area contributed by atoms with E-state index in [9.17, 15) is 9.59 Å². The van der Waals surface area contributed by atoms with E-state index in [0.29, 0.717) is 23.5 Å². The number of hydrogen-bond acceptors (Lipinski definition) is 8. The van der Waals surface area contributed by atoms with Gasteiger partial charge in [-0.3, -0.25) is 14.5 Å². The smallest absolute Gasteiger partial charge is 0.260 e. The number of carbonyl (C=O) groups is 2. The molecule has 11 heteroatoms. The zero-order valence-corrected chi connectivity index (χ0v) is 20.0. The van der Waals surface area contributed by atoms with Crippen LogP contribution < -0.4 is 16.0 Å². The van der Waals surface area contributed by atoms with Crippen molar-refractivity contribution in [3.8, 4) is 10.4 Å². The van der Waals surface area contributed by atoms with E-state index < -0.39 is 0 Å². The maximum atomic E-state index is 13.1. The summed E-state index contributed by atoms with van der Waals surface area (Å²) < 4.78 is 1.68. The van der Waals surface area contributed by atoms with Crippen molar-refractivity contribution < 1.29 is 9.59 Å². The van der Waals surface area contributed by atoms with Gasteiger partial charge in [0, 0.05) is 49.1 Å². The number of rotatable bonds is 6. The normalized spacial score (nSPS) is 19.6. The summed E-state index contributed by atoms with van der Waals surface area (Å²) in [4.78, 5) is 37.4. The minimum atomic E-state index is -0.261. The topological polar surface area (TPSA) is 117 Å². The molecule has 34 heavy (non-hydrogen) atoms. The average molecular weight is 479 g/mol. The van der Waals surface area contributed by atoms with Crippen LogP contribution in [0.1, 0.15) is 31.1 Å². The molecular formula is C23H26N8O2S. The molecule has 10 nitrogen and oxygen atoms in total. The molecule has 5 heterocycles. The summed E-state index contributed by atoms with van der Waals surface area (Å²) in [5, 5.41) is 13.4. The molecular weight excluding hydrogens is 452 g/mol. The van der Waals surface area contributed by atoms with Crippen molar-refractivity contribution in [3.05, 3.63) is 60.3 Å². The predicted molar refractivity (Wildman–Crippen MR) is 129 cm³/mol. The number of amides is 2. The molecule has 2 aliphatic heterocycles. The van der Waals surface area contributed by atoms with E-state index in [1.54, 1.807) is 35.4 Å². The van der Waals surface area contributed by atoms with Gasteiger partial charge in [-0.2, -0.15) is 5.10 Å². The Morgan fingerprint density at radius 3 is 2.71 bits per heavy atom. The Morgan fingerprint density at radius 1 is 1.21 bits per heavy atom. The van der Waals surface area contributed by atoms with Gasteiger partial charge in [0.15, 0.2) is 0 Å². The SMILES string of the molecule is CC1NC=C(NC(=O)CN2CC(C)(C)C2)C=C1NC(=O)c1cnn2cc(-c3cncnc3)sc12. The first-order valence-corrected chi connectivity index (χ1v) is 11.8. The van der Waals surface area contributed by atoms with Crippen LogP contribution in [0.25, 0.3) is 15.3 Å². The Balaban J connectivity index is 1.26. The average Bonchev–Trinajstić information content (AvgIpc) is 3.36. The van der Waals surface area contributed by atoms with Crippen LogP contribution in [-0.4, -0.2) is 62.0 Å². The molecule has 0 aromatic carbocycles. The van der Waals surface area contributed by atoms with E-state index in [4.69, 9.17) is 0 Å². The molecule has 0 spiro atoms. The maximum Gasteiger partial charge on any atom is 0.260 e. The molecule has 1 unspecified atom stereocenters. The lowest BCUT2D eigenvalue weighted by molar-refractivity contribution is -0.124. The van der Waals surface area contributed by atoms with E-state index in [2.05, 4.69) is 49.8 Å². The van der Waals surface area contributed by atoms with Crippen LogP contribution in [0.15, 0.2) is 54.8 Å². The molecule has 3 aromatic rings. The highest BCUT2D eigenvalue weighted by atomic mass is 32.1. The van der Waals surface area contributed by atoms with Gasteiger partial charge in [-0.05, 0) is 18.4 Å². The third-order valence-electron chi connectivity index (χ3n) is 5.76. The van der Waals surface area contributed by atoms with Gasteiger partial charge < -0.3 is 16.0 Å². The largest absolute Gasteiger partial charge is 0.381 e. The first-order valence-electron chi connectivity index (χ1n) is 11.0. The van der Waals surface area contributed by atoms with Crippen molar-refractivity contribution in [2.45, 2.75) is 26.8 Å². The molecule has 2 aliphatic rings. The summed E-state index contributed by atoms with van der Waals surface area (Å²) in [6.45, 7) is 8.50.